The number of carbonyl (C=O) groups is 1. The first-order chi connectivity index (χ1) is 10.0. The number of hydrogen-bond acceptors (Lipinski definition) is 3. The molecular weight excluding hydrogens is 270 g/mol. The van der Waals surface area contributed by atoms with Gasteiger partial charge in [-0.3, -0.25) is 20.0 Å². The fraction of sp³-hybridized carbons (Fsp3) is 0.267. The molecule has 0 aliphatic heterocycles. The second kappa shape index (κ2) is 4.73. The number of nitrogens with zero attached hydrogens (tertiary/aromatic N) is 1. The number of aromatic amines is 1. The summed E-state index contributed by atoms with van der Waals surface area (Å²) in [6, 6.07) is 9.00. The average molecular weight is 285 g/mol. The summed E-state index contributed by atoms with van der Waals surface area (Å²) >= 11 is 0. The number of amides is 1. The Morgan fingerprint density at radius 1 is 1.29 bits per heavy atom. The number of nitrogens with one attached hydrogen (secondary N) is 2. The van der Waals surface area contributed by atoms with Crippen molar-refractivity contribution in [2.75, 3.05) is 5.43 Å². The highest BCUT2D eigenvalue weighted by atomic mass is 16.2. The Morgan fingerprint density at radius 3 is 2.81 bits per heavy atom. The summed E-state index contributed by atoms with van der Waals surface area (Å²) in [5.41, 5.74) is 2.87. The van der Waals surface area contributed by atoms with Gasteiger partial charge in [0.1, 0.15) is 0 Å². The van der Waals surface area contributed by atoms with Crippen LogP contribution in [0, 0.1) is 0 Å². The van der Waals surface area contributed by atoms with Gasteiger partial charge in [-0.05, 0) is 30.9 Å². The zero-order valence-corrected chi connectivity index (χ0v) is 11.6. The highest BCUT2D eigenvalue weighted by Crippen LogP contribution is 2.38. The Balaban J connectivity index is 1.93. The van der Waals surface area contributed by atoms with Crippen LogP contribution in [0.3, 0.4) is 0 Å². The smallest absolute Gasteiger partial charge is 0.273 e. The maximum Gasteiger partial charge on any atom is 0.347 e. The lowest BCUT2D eigenvalue weighted by Crippen LogP contribution is -2.44. The third-order valence-electron chi connectivity index (χ3n) is 4.05. The van der Waals surface area contributed by atoms with Crippen LogP contribution in [0.4, 0.5) is 0 Å². The molecule has 1 aromatic heterocycles. The van der Waals surface area contributed by atoms with E-state index in [0.29, 0.717) is 6.42 Å². The molecule has 0 fully saturated rings. The molecule has 1 amide bonds. The molecule has 0 radical (unpaired) electrons. The quantitative estimate of drug-likeness (QED) is 0.843. The summed E-state index contributed by atoms with van der Waals surface area (Å²) in [7, 11) is 0. The van der Waals surface area contributed by atoms with Crippen molar-refractivity contribution < 1.29 is 4.79 Å². The Labute approximate surface area is 120 Å². The first-order valence-corrected chi connectivity index (χ1v) is 6.72. The van der Waals surface area contributed by atoms with E-state index in [0.717, 1.165) is 22.2 Å². The molecule has 1 unspecified atom stereocenters. The van der Waals surface area contributed by atoms with Crippen LogP contribution in [0.1, 0.15) is 24.5 Å². The van der Waals surface area contributed by atoms with Gasteiger partial charge in [-0.15, -0.1) is 0 Å². The number of aryl methyl sites for hydroxylation is 1. The summed E-state index contributed by atoms with van der Waals surface area (Å²) in [6.07, 6.45) is 2.78. The van der Waals surface area contributed by atoms with Gasteiger partial charge in [-0.1, -0.05) is 24.3 Å². The van der Waals surface area contributed by atoms with Gasteiger partial charge in [-0.2, -0.15) is 0 Å². The number of benzene rings is 1. The van der Waals surface area contributed by atoms with Crippen LogP contribution in [-0.2, 0) is 16.6 Å². The van der Waals surface area contributed by atoms with Gasteiger partial charge >= 0.3 is 5.69 Å². The van der Waals surface area contributed by atoms with Crippen molar-refractivity contribution in [1.82, 2.24) is 9.66 Å². The number of aromatic nitrogens is 2. The molecular formula is C15H15N3O3. The van der Waals surface area contributed by atoms with Gasteiger partial charge in [0.05, 0.1) is 5.41 Å². The summed E-state index contributed by atoms with van der Waals surface area (Å²) in [5, 5.41) is 0. The summed E-state index contributed by atoms with van der Waals surface area (Å²) in [4.78, 5) is 37.3. The number of fused-ring (bicyclic) bond motifs is 1. The monoisotopic (exact) mass is 285 g/mol. The molecule has 1 atom stereocenters. The minimum absolute atomic E-state index is 0.262. The van der Waals surface area contributed by atoms with Crippen LogP contribution in [0.15, 0.2) is 46.1 Å². The predicted octanol–water partition coefficient (Wildman–Crippen LogP) is 0.511. The second-order valence-corrected chi connectivity index (χ2v) is 5.41. The SMILES string of the molecule is CC1(C(=O)Nn2ccc(=O)[nH]c2=O)CCc2ccccc21. The number of hydrogen-bond donors (Lipinski definition) is 2. The van der Waals surface area contributed by atoms with Gasteiger partial charge in [0.2, 0.25) is 5.91 Å². The first-order valence-electron chi connectivity index (χ1n) is 6.72. The van der Waals surface area contributed by atoms with Crippen molar-refractivity contribution in [3.05, 3.63) is 68.5 Å². The molecule has 2 N–H and O–H groups in total. The molecule has 1 aromatic carbocycles. The summed E-state index contributed by atoms with van der Waals surface area (Å²) in [6.45, 7) is 1.87. The molecule has 3 rings (SSSR count). The van der Waals surface area contributed by atoms with E-state index >= 15 is 0 Å². The molecule has 108 valence electrons. The average Bonchev–Trinajstić information content (AvgIpc) is 2.81. The fourth-order valence-corrected chi connectivity index (χ4v) is 2.77. The summed E-state index contributed by atoms with van der Waals surface area (Å²) < 4.78 is 0.996. The Bertz CT molecular complexity index is 821. The van der Waals surface area contributed by atoms with Gasteiger partial charge in [0, 0.05) is 12.3 Å². The van der Waals surface area contributed by atoms with E-state index in [1.165, 1.54) is 12.3 Å². The number of H-pyrrole nitrogens is 1. The zero-order chi connectivity index (χ0) is 15.0. The zero-order valence-electron chi connectivity index (χ0n) is 11.6. The highest BCUT2D eigenvalue weighted by molar-refractivity contribution is 5.94. The van der Waals surface area contributed by atoms with Crippen molar-refractivity contribution >= 4 is 5.91 Å². The van der Waals surface area contributed by atoms with Crippen LogP contribution in [-0.4, -0.2) is 15.6 Å². The van der Waals surface area contributed by atoms with E-state index in [9.17, 15) is 14.4 Å². The van der Waals surface area contributed by atoms with Crippen molar-refractivity contribution in [2.45, 2.75) is 25.2 Å². The molecule has 0 saturated carbocycles. The van der Waals surface area contributed by atoms with Crippen LogP contribution < -0.4 is 16.7 Å². The largest absolute Gasteiger partial charge is 0.347 e. The first kappa shape index (κ1) is 13.4. The van der Waals surface area contributed by atoms with Crippen LogP contribution in [0.2, 0.25) is 0 Å². The molecule has 6 heteroatoms. The van der Waals surface area contributed by atoms with E-state index < -0.39 is 16.7 Å². The minimum atomic E-state index is -0.674. The van der Waals surface area contributed by atoms with Crippen LogP contribution >= 0.6 is 0 Å². The van der Waals surface area contributed by atoms with E-state index in [2.05, 4.69) is 10.4 Å². The third-order valence-corrected chi connectivity index (χ3v) is 4.05. The Kier molecular flexibility index (Phi) is 3.01. The van der Waals surface area contributed by atoms with Gasteiger partial charge in [0.25, 0.3) is 5.56 Å². The maximum atomic E-state index is 12.6. The highest BCUT2D eigenvalue weighted by Gasteiger charge is 2.40. The molecule has 21 heavy (non-hydrogen) atoms. The van der Waals surface area contributed by atoms with E-state index in [1.807, 2.05) is 31.2 Å². The van der Waals surface area contributed by atoms with E-state index in [-0.39, 0.29) is 5.91 Å². The van der Waals surface area contributed by atoms with E-state index in [1.54, 1.807) is 0 Å². The summed E-state index contributed by atoms with van der Waals surface area (Å²) in [5.74, 6) is -0.262. The normalized spacial score (nSPS) is 20.0. The molecule has 0 bridgehead atoms. The lowest BCUT2D eigenvalue weighted by Gasteiger charge is -2.24. The number of rotatable bonds is 2. The minimum Gasteiger partial charge on any atom is -0.273 e. The Hall–Kier alpha value is -2.63. The van der Waals surface area contributed by atoms with Crippen LogP contribution in [0.5, 0.6) is 0 Å². The third kappa shape index (κ3) is 2.18. The standard InChI is InChI=1S/C15H15N3O3/c1-15(8-6-10-4-2-3-5-11(10)15)13(20)17-18-9-7-12(19)16-14(18)21/h2-5,7,9H,6,8H2,1H3,(H,17,20)(H,16,19,21). The number of carbonyl (C=O) groups excluding carboxylic acids is 1. The molecule has 0 saturated heterocycles. The van der Waals surface area contributed by atoms with E-state index in [4.69, 9.17) is 0 Å². The molecule has 6 nitrogen and oxygen atoms in total. The lowest BCUT2D eigenvalue weighted by atomic mass is 9.83. The molecule has 0 spiro atoms. The molecule has 1 aliphatic rings. The van der Waals surface area contributed by atoms with Gasteiger partial charge < -0.3 is 0 Å². The van der Waals surface area contributed by atoms with Gasteiger partial charge in [0.15, 0.2) is 0 Å². The lowest BCUT2D eigenvalue weighted by molar-refractivity contribution is -0.122. The molecule has 1 aliphatic carbocycles. The van der Waals surface area contributed by atoms with Crippen molar-refractivity contribution in [2.24, 2.45) is 0 Å². The van der Waals surface area contributed by atoms with Crippen molar-refractivity contribution in [3.8, 4) is 0 Å². The Morgan fingerprint density at radius 2 is 2.05 bits per heavy atom. The van der Waals surface area contributed by atoms with Gasteiger partial charge in [-0.25, -0.2) is 9.47 Å². The van der Waals surface area contributed by atoms with Crippen molar-refractivity contribution in [3.63, 3.8) is 0 Å². The second-order valence-electron chi connectivity index (χ2n) is 5.41. The topological polar surface area (TPSA) is 84.0 Å². The molecule has 1 heterocycles. The van der Waals surface area contributed by atoms with Crippen molar-refractivity contribution in [1.29, 1.82) is 0 Å². The van der Waals surface area contributed by atoms with Crippen LogP contribution in [0.25, 0.3) is 0 Å². The maximum absolute atomic E-state index is 12.6. The fourth-order valence-electron chi connectivity index (χ4n) is 2.77. The molecule has 2 aromatic rings. The predicted molar refractivity (Wildman–Crippen MR) is 77.8 cm³/mol.